The second kappa shape index (κ2) is 8.75. The third kappa shape index (κ3) is 6.79. The van der Waals surface area contributed by atoms with Crippen LogP contribution in [0.1, 0.15) is 18.7 Å². The zero-order valence-corrected chi connectivity index (χ0v) is 14.5. The summed E-state index contributed by atoms with van der Waals surface area (Å²) in [5.41, 5.74) is 0.473. The van der Waals surface area contributed by atoms with Crippen molar-refractivity contribution in [3.8, 4) is 11.5 Å². The quantitative estimate of drug-likeness (QED) is 0.780. The maximum absolute atomic E-state index is 12.1. The van der Waals surface area contributed by atoms with E-state index in [-0.39, 0.29) is 18.3 Å². The highest BCUT2D eigenvalue weighted by molar-refractivity contribution is 6.30. The van der Waals surface area contributed by atoms with E-state index in [2.05, 4.69) is 15.0 Å². The van der Waals surface area contributed by atoms with Crippen LogP contribution in [-0.4, -0.2) is 30.3 Å². The van der Waals surface area contributed by atoms with Crippen LogP contribution in [0.25, 0.3) is 0 Å². The van der Waals surface area contributed by atoms with Gasteiger partial charge in [0.15, 0.2) is 13.2 Å². The Morgan fingerprint density at radius 1 is 1.23 bits per heavy atom. The lowest BCUT2D eigenvalue weighted by Gasteiger charge is -2.15. The van der Waals surface area contributed by atoms with Crippen LogP contribution in [0.15, 0.2) is 42.6 Å². The van der Waals surface area contributed by atoms with Gasteiger partial charge < -0.3 is 14.8 Å². The number of pyridine rings is 1. The van der Waals surface area contributed by atoms with Crippen molar-refractivity contribution >= 4 is 17.5 Å². The first-order chi connectivity index (χ1) is 12.2. The average molecular weight is 389 g/mol. The molecule has 0 saturated heterocycles. The Morgan fingerprint density at radius 2 is 2.00 bits per heavy atom. The molecule has 0 radical (unpaired) electrons. The molecule has 140 valence electrons. The molecule has 1 heterocycles. The lowest BCUT2D eigenvalue weighted by Crippen LogP contribution is -2.31. The lowest BCUT2D eigenvalue weighted by atomic mass is 10.2. The Kier molecular flexibility index (Phi) is 6.68. The molecule has 0 saturated carbocycles. The molecule has 0 spiro atoms. The Balaban J connectivity index is 1.82. The first-order valence-electron chi connectivity index (χ1n) is 7.56. The summed E-state index contributed by atoms with van der Waals surface area (Å²) in [6.45, 7) is 0.0917. The monoisotopic (exact) mass is 388 g/mol. The highest BCUT2D eigenvalue weighted by atomic mass is 35.5. The number of amides is 1. The van der Waals surface area contributed by atoms with Gasteiger partial charge in [-0.15, -0.1) is 0 Å². The molecule has 0 bridgehead atoms. The summed E-state index contributed by atoms with van der Waals surface area (Å²) < 4.78 is 46.2. The van der Waals surface area contributed by atoms with Crippen LogP contribution in [0.2, 0.25) is 5.02 Å². The number of carbonyl (C=O) groups is 1. The summed E-state index contributed by atoms with van der Waals surface area (Å²) >= 11 is 5.82. The molecule has 2 aromatic rings. The number of aromatic nitrogens is 1. The smallest absolute Gasteiger partial charge is 0.422 e. The molecule has 0 fully saturated rings. The number of benzene rings is 1. The summed E-state index contributed by atoms with van der Waals surface area (Å²) in [7, 11) is 0. The third-order valence-electron chi connectivity index (χ3n) is 3.15. The Labute approximate surface area is 153 Å². The van der Waals surface area contributed by atoms with E-state index < -0.39 is 18.8 Å². The summed E-state index contributed by atoms with van der Waals surface area (Å²) in [4.78, 5) is 15.9. The molecule has 0 aliphatic heterocycles. The number of hydrogen-bond donors (Lipinski definition) is 1. The Hall–Kier alpha value is -2.48. The van der Waals surface area contributed by atoms with Gasteiger partial charge in [-0.2, -0.15) is 13.2 Å². The van der Waals surface area contributed by atoms with Crippen molar-refractivity contribution in [2.75, 3.05) is 13.2 Å². The zero-order chi connectivity index (χ0) is 19.2. The molecule has 0 aliphatic carbocycles. The number of ether oxygens (including phenoxy) is 2. The van der Waals surface area contributed by atoms with Crippen LogP contribution in [0, 0.1) is 0 Å². The van der Waals surface area contributed by atoms with Gasteiger partial charge in [-0.25, -0.2) is 0 Å². The zero-order valence-electron chi connectivity index (χ0n) is 13.7. The molecule has 0 unspecified atom stereocenters. The van der Waals surface area contributed by atoms with Crippen molar-refractivity contribution in [3.05, 3.63) is 53.3 Å². The molecule has 2 rings (SSSR count). The fourth-order valence-electron chi connectivity index (χ4n) is 1.96. The van der Waals surface area contributed by atoms with Crippen molar-refractivity contribution in [1.29, 1.82) is 0 Å². The second-order valence-corrected chi connectivity index (χ2v) is 5.79. The summed E-state index contributed by atoms with van der Waals surface area (Å²) in [6, 6.07) is 9.02. The Morgan fingerprint density at radius 3 is 2.62 bits per heavy atom. The van der Waals surface area contributed by atoms with Crippen molar-refractivity contribution in [1.82, 2.24) is 10.3 Å². The molecular weight excluding hydrogens is 373 g/mol. The maximum Gasteiger partial charge on any atom is 0.422 e. The average Bonchev–Trinajstić information content (AvgIpc) is 2.58. The molecule has 1 amide bonds. The van der Waals surface area contributed by atoms with E-state index in [0.717, 1.165) is 0 Å². The SMILES string of the molecule is C[C@H](NC(=O)COc1cccc(Cl)c1)c1ccc(OCC(F)(F)F)cn1. The van der Waals surface area contributed by atoms with E-state index in [4.69, 9.17) is 16.3 Å². The topological polar surface area (TPSA) is 60.5 Å². The predicted molar refractivity (Wildman–Crippen MR) is 89.3 cm³/mol. The minimum atomic E-state index is -4.41. The minimum Gasteiger partial charge on any atom is -0.484 e. The summed E-state index contributed by atoms with van der Waals surface area (Å²) in [6.07, 6.45) is -3.24. The number of alkyl halides is 3. The van der Waals surface area contributed by atoms with E-state index in [1.807, 2.05) is 0 Å². The number of nitrogens with one attached hydrogen (secondary N) is 1. The normalized spacial score (nSPS) is 12.3. The van der Waals surface area contributed by atoms with Crippen LogP contribution in [0.5, 0.6) is 11.5 Å². The number of nitrogens with zero attached hydrogens (tertiary/aromatic N) is 1. The van der Waals surface area contributed by atoms with E-state index in [1.54, 1.807) is 31.2 Å². The van der Waals surface area contributed by atoms with Gasteiger partial charge in [-0.1, -0.05) is 17.7 Å². The van der Waals surface area contributed by atoms with Gasteiger partial charge in [0.2, 0.25) is 0 Å². The van der Waals surface area contributed by atoms with Crippen LogP contribution >= 0.6 is 11.6 Å². The van der Waals surface area contributed by atoms with Crippen LogP contribution < -0.4 is 14.8 Å². The first-order valence-corrected chi connectivity index (χ1v) is 7.94. The molecule has 1 aromatic heterocycles. The highest BCUT2D eigenvalue weighted by Gasteiger charge is 2.28. The van der Waals surface area contributed by atoms with Crippen LogP contribution in [-0.2, 0) is 4.79 Å². The van der Waals surface area contributed by atoms with E-state index in [0.29, 0.717) is 16.5 Å². The van der Waals surface area contributed by atoms with E-state index in [9.17, 15) is 18.0 Å². The molecule has 1 aromatic carbocycles. The van der Waals surface area contributed by atoms with Crippen LogP contribution in [0.4, 0.5) is 13.2 Å². The predicted octanol–water partition coefficient (Wildman–Crippen LogP) is 3.93. The highest BCUT2D eigenvalue weighted by Crippen LogP contribution is 2.20. The molecule has 1 N–H and O–H groups in total. The van der Waals surface area contributed by atoms with Gasteiger partial charge in [0.1, 0.15) is 11.5 Å². The van der Waals surface area contributed by atoms with Gasteiger partial charge in [-0.05, 0) is 37.3 Å². The van der Waals surface area contributed by atoms with E-state index >= 15 is 0 Å². The first kappa shape index (κ1) is 19.8. The summed E-state index contributed by atoms with van der Waals surface area (Å²) in [5, 5.41) is 3.17. The summed E-state index contributed by atoms with van der Waals surface area (Å²) in [5.74, 6) is 0.0789. The molecule has 1 atom stereocenters. The van der Waals surface area contributed by atoms with Crippen molar-refractivity contribution < 1.29 is 27.4 Å². The molecule has 26 heavy (non-hydrogen) atoms. The number of hydrogen-bond acceptors (Lipinski definition) is 4. The van der Waals surface area contributed by atoms with Crippen molar-refractivity contribution in [3.63, 3.8) is 0 Å². The van der Waals surface area contributed by atoms with Gasteiger partial charge in [0, 0.05) is 5.02 Å². The largest absolute Gasteiger partial charge is 0.484 e. The number of halogens is 4. The Bertz CT molecular complexity index is 739. The molecule has 0 aliphatic rings. The van der Waals surface area contributed by atoms with Gasteiger partial charge in [-0.3, -0.25) is 9.78 Å². The number of carbonyl (C=O) groups excluding carboxylic acids is 1. The second-order valence-electron chi connectivity index (χ2n) is 5.36. The fraction of sp³-hybridized carbons (Fsp3) is 0.294. The van der Waals surface area contributed by atoms with Crippen molar-refractivity contribution in [2.24, 2.45) is 0 Å². The van der Waals surface area contributed by atoms with Gasteiger partial charge >= 0.3 is 6.18 Å². The van der Waals surface area contributed by atoms with Gasteiger partial charge in [0.25, 0.3) is 5.91 Å². The van der Waals surface area contributed by atoms with Crippen molar-refractivity contribution in [2.45, 2.75) is 19.1 Å². The number of rotatable bonds is 7. The fourth-order valence-corrected chi connectivity index (χ4v) is 2.14. The standard InChI is InChI=1S/C17H16ClF3N2O3/c1-11(15-6-5-14(8-22-15)26-10-17(19,20)21)23-16(24)9-25-13-4-2-3-12(18)7-13/h2-8,11H,9-10H2,1H3,(H,23,24)/t11-/m0/s1. The van der Waals surface area contributed by atoms with Gasteiger partial charge in [0.05, 0.1) is 17.9 Å². The molecule has 5 nitrogen and oxygen atoms in total. The van der Waals surface area contributed by atoms with Crippen LogP contribution in [0.3, 0.4) is 0 Å². The minimum absolute atomic E-state index is 0.00566. The maximum atomic E-state index is 12.1. The third-order valence-corrected chi connectivity index (χ3v) is 3.38. The lowest BCUT2D eigenvalue weighted by molar-refractivity contribution is -0.153. The molecule has 9 heteroatoms. The molecular formula is C17H16ClF3N2O3. The van der Waals surface area contributed by atoms with E-state index in [1.165, 1.54) is 18.3 Å².